The lowest BCUT2D eigenvalue weighted by Crippen LogP contribution is -2.19. The quantitative estimate of drug-likeness (QED) is 0.664. The second-order valence-electron chi connectivity index (χ2n) is 4.25. The molecule has 0 radical (unpaired) electrons. The number of amidine groups is 1. The van der Waals surface area contributed by atoms with Crippen molar-refractivity contribution < 1.29 is 14.6 Å². The zero-order valence-corrected chi connectivity index (χ0v) is 11.9. The van der Waals surface area contributed by atoms with Crippen LogP contribution in [0.5, 0.6) is 0 Å². The fourth-order valence-corrected chi connectivity index (χ4v) is 2.19. The number of carboxylic acids is 1. The standard InChI is InChI=1S/C14H15ClN2O3/c1-3-20-12-10-7-5-4-6-9(10)11(8(2)13(18)19)16-14(15)17-12/h4-7,12H,3H2,1-2H3,(H,16,17)(H,18,19)/b11-8-/t12-/m1/s1. The molecule has 1 heterocycles. The first-order chi connectivity index (χ1) is 9.54. The van der Waals surface area contributed by atoms with E-state index in [2.05, 4.69) is 10.3 Å². The van der Waals surface area contributed by atoms with Gasteiger partial charge in [-0.2, -0.15) is 0 Å². The van der Waals surface area contributed by atoms with Crippen molar-refractivity contribution >= 4 is 28.6 Å². The molecule has 20 heavy (non-hydrogen) atoms. The molecule has 5 nitrogen and oxygen atoms in total. The number of carbonyl (C=O) groups is 1. The lowest BCUT2D eigenvalue weighted by molar-refractivity contribution is -0.132. The molecule has 2 N–H and O–H groups in total. The number of ether oxygens (including phenoxy) is 1. The van der Waals surface area contributed by atoms with Crippen LogP contribution in [0.15, 0.2) is 34.8 Å². The van der Waals surface area contributed by atoms with Gasteiger partial charge < -0.3 is 15.2 Å². The van der Waals surface area contributed by atoms with E-state index in [1.807, 2.05) is 31.2 Å². The molecule has 0 aromatic heterocycles. The van der Waals surface area contributed by atoms with Crippen LogP contribution in [-0.4, -0.2) is 23.0 Å². The molecule has 0 amide bonds. The number of benzene rings is 1. The van der Waals surface area contributed by atoms with E-state index in [1.165, 1.54) is 6.92 Å². The summed E-state index contributed by atoms with van der Waals surface area (Å²) in [7, 11) is 0. The molecule has 0 spiro atoms. The van der Waals surface area contributed by atoms with E-state index in [0.29, 0.717) is 12.3 Å². The van der Waals surface area contributed by atoms with Crippen molar-refractivity contribution in [2.45, 2.75) is 20.1 Å². The molecule has 0 fully saturated rings. The molecule has 6 heteroatoms. The molecule has 0 bridgehead atoms. The van der Waals surface area contributed by atoms with Crippen molar-refractivity contribution in [3.63, 3.8) is 0 Å². The Hall–Kier alpha value is -1.85. The molecular formula is C14H15ClN2O3. The number of aliphatic imine (C=N–C) groups is 1. The second kappa shape index (κ2) is 6.07. The zero-order valence-electron chi connectivity index (χ0n) is 11.2. The van der Waals surface area contributed by atoms with Crippen LogP contribution < -0.4 is 5.32 Å². The van der Waals surface area contributed by atoms with Gasteiger partial charge in [0.2, 0.25) is 0 Å². The summed E-state index contributed by atoms with van der Waals surface area (Å²) in [6, 6.07) is 7.36. The van der Waals surface area contributed by atoms with Crippen molar-refractivity contribution in [1.29, 1.82) is 0 Å². The van der Waals surface area contributed by atoms with E-state index in [1.54, 1.807) is 0 Å². The molecule has 0 saturated carbocycles. The first-order valence-corrected chi connectivity index (χ1v) is 6.57. The van der Waals surface area contributed by atoms with Gasteiger partial charge >= 0.3 is 5.97 Å². The highest BCUT2D eigenvalue weighted by atomic mass is 35.5. The van der Waals surface area contributed by atoms with Gasteiger partial charge in [-0.25, -0.2) is 9.79 Å². The predicted octanol–water partition coefficient (Wildman–Crippen LogP) is 2.74. The third-order valence-corrected chi connectivity index (χ3v) is 3.17. The van der Waals surface area contributed by atoms with Crippen LogP contribution in [0.1, 0.15) is 31.2 Å². The minimum atomic E-state index is -1.01. The van der Waals surface area contributed by atoms with E-state index < -0.39 is 12.2 Å². The zero-order chi connectivity index (χ0) is 14.7. The minimum absolute atomic E-state index is 0.107. The van der Waals surface area contributed by atoms with Crippen LogP contribution in [0.2, 0.25) is 0 Å². The lowest BCUT2D eigenvalue weighted by Gasteiger charge is -2.15. The summed E-state index contributed by atoms with van der Waals surface area (Å²) in [5, 5.41) is 12.1. The lowest BCUT2D eigenvalue weighted by atomic mass is 10.0. The smallest absolute Gasteiger partial charge is 0.333 e. The molecule has 106 valence electrons. The fourth-order valence-electron chi connectivity index (χ4n) is 2.00. The normalized spacial score (nSPS) is 20.4. The summed E-state index contributed by atoms with van der Waals surface area (Å²) >= 11 is 6.02. The highest BCUT2D eigenvalue weighted by Gasteiger charge is 2.24. The van der Waals surface area contributed by atoms with Gasteiger partial charge in [0.05, 0.1) is 11.3 Å². The maximum absolute atomic E-state index is 11.2. The first kappa shape index (κ1) is 14.6. The fraction of sp³-hybridized carbons (Fsp3) is 0.286. The van der Waals surface area contributed by atoms with Crippen molar-refractivity contribution in [3.05, 3.63) is 41.0 Å². The Morgan fingerprint density at radius 3 is 2.85 bits per heavy atom. The number of rotatable bonds is 3. The molecule has 1 aliphatic heterocycles. The third kappa shape index (κ3) is 2.84. The number of nitrogens with zero attached hydrogens (tertiary/aromatic N) is 1. The summed E-state index contributed by atoms with van der Waals surface area (Å²) in [6.45, 7) is 3.86. The monoisotopic (exact) mass is 294 g/mol. The highest BCUT2D eigenvalue weighted by molar-refractivity contribution is 6.65. The largest absolute Gasteiger partial charge is 0.478 e. The average molecular weight is 295 g/mol. The number of halogens is 1. The SMILES string of the molecule is CCO[C@H]1N=C(Cl)N/C(=C(/C)C(=O)O)c2ccccc21. The van der Waals surface area contributed by atoms with E-state index in [4.69, 9.17) is 16.3 Å². The van der Waals surface area contributed by atoms with Crippen LogP contribution in [-0.2, 0) is 9.53 Å². The van der Waals surface area contributed by atoms with E-state index in [9.17, 15) is 9.90 Å². The van der Waals surface area contributed by atoms with Gasteiger partial charge in [0.1, 0.15) is 0 Å². The van der Waals surface area contributed by atoms with Crippen LogP contribution >= 0.6 is 11.6 Å². The van der Waals surface area contributed by atoms with Crippen molar-refractivity contribution in [3.8, 4) is 0 Å². The number of hydrogen-bond acceptors (Lipinski definition) is 4. The topological polar surface area (TPSA) is 70.9 Å². The van der Waals surface area contributed by atoms with E-state index in [-0.39, 0.29) is 10.9 Å². The molecule has 1 aromatic rings. The van der Waals surface area contributed by atoms with Gasteiger partial charge in [-0.3, -0.25) is 0 Å². The molecule has 1 aromatic carbocycles. The Labute approximate surface area is 121 Å². The van der Waals surface area contributed by atoms with Crippen molar-refractivity contribution in [2.75, 3.05) is 6.61 Å². The predicted molar refractivity (Wildman–Crippen MR) is 77.5 cm³/mol. The summed E-state index contributed by atoms with van der Waals surface area (Å²) in [6.07, 6.45) is -0.546. The Morgan fingerprint density at radius 1 is 1.50 bits per heavy atom. The molecular weight excluding hydrogens is 280 g/mol. The molecule has 1 aliphatic rings. The van der Waals surface area contributed by atoms with Gasteiger partial charge in [0.15, 0.2) is 11.5 Å². The molecule has 0 unspecified atom stereocenters. The summed E-state index contributed by atoms with van der Waals surface area (Å²) in [4.78, 5) is 15.4. The number of fused-ring (bicyclic) bond motifs is 1. The maximum Gasteiger partial charge on any atom is 0.333 e. The van der Waals surface area contributed by atoms with E-state index >= 15 is 0 Å². The Kier molecular flexibility index (Phi) is 4.42. The third-order valence-electron chi connectivity index (χ3n) is 2.98. The number of hydrogen-bond donors (Lipinski definition) is 2. The first-order valence-electron chi connectivity index (χ1n) is 6.20. The van der Waals surface area contributed by atoms with Crippen LogP contribution in [0.4, 0.5) is 0 Å². The molecule has 0 saturated heterocycles. The maximum atomic E-state index is 11.2. The molecule has 1 atom stereocenters. The number of carboxylic acid groups (broad SMARTS) is 1. The Balaban J connectivity index is 2.64. The Bertz CT molecular complexity index is 596. The van der Waals surface area contributed by atoms with Gasteiger partial charge in [-0.15, -0.1) is 0 Å². The van der Waals surface area contributed by atoms with Crippen molar-refractivity contribution in [2.24, 2.45) is 4.99 Å². The molecule has 0 aliphatic carbocycles. The average Bonchev–Trinajstić information content (AvgIpc) is 2.56. The van der Waals surface area contributed by atoms with Crippen LogP contribution in [0, 0.1) is 0 Å². The van der Waals surface area contributed by atoms with Gasteiger partial charge in [-0.05, 0) is 25.4 Å². The number of nitrogens with one attached hydrogen (secondary N) is 1. The summed E-state index contributed by atoms with van der Waals surface area (Å²) < 4.78 is 5.57. The van der Waals surface area contributed by atoms with E-state index in [0.717, 1.165) is 11.1 Å². The summed E-state index contributed by atoms with van der Waals surface area (Å²) in [5.74, 6) is -1.01. The van der Waals surface area contributed by atoms with Crippen molar-refractivity contribution in [1.82, 2.24) is 5.32 Å². The minimum Gasteiger partial charge on any atom is -0.478 e. The van der Waals surface area contributed by atoms with Gasteiger partial charge in [-0.1, -0.05) is 24.3 Å². The van der Waals surface area contributed by atoms with Crippen LogP contribution in [0.25, 0.3) is 5.70 Å². The summed E-state index contributed by atoms with van der Waals surface area (Å²) in [5.41, 5.74) is 2.12. The highest BCUT2D eigenvalue weighted by Crippen LogP contribution is 2.31. The van der Waals surface area contributed by atoms with Gasteiger partial charge in [0.25, 0.3) is 0 Å². The van der Waals surface area contributed by atoms with Gasteiger partial charge in [0, 0.05) is 17.7 Å². The number of aliphatic carboxylic acids is 1. The second-order valence-corrected chi connectivity index (χ2v) is 4.60. The van der Waals surface area contributed by atoms with Crippen LogP contribution in [0.3, 0.4) is 0 Å². The molecule has 2 rings (SSSR count). The Morgan fingerprint density at radius 2 is 2.20 bits per heavy atom.